The monoisotopic (exact) mass is 279 g/mol. The number of nitrogens with zero attached hydrogens (tertiary/aromatic N) is 1. The summed E-state index contributed by atoms with van der Waals surface area (Å²) < 4.78 is 13.1. The van der Waals surface area contributed by atoms with Crippen LogP contribution in [0.25, 0.3) is 0 Å². The van der Waals surface area contributed by atoms with Crippen LogP contribution >= 0.6 is 0 Å². The highest BCUT2D eigenvalue weighted by atomic mass is 19.1. The summed E-state index contributed by atoms with van der Waals surface area (Å²) >= 11 is 0. The number of benzene rings is 1. The third-order valence-corrected chi connectivity index (χ3v) is 3.65. The molecule has 1 saturated heterocycles. The number of carbonyl (C=O) groups is 1. The van der Waals surface area contributed by atoms with Gasteiger partial charge in [-0.25, -0.2) is 4.39 Å². The van der Waals surface area contributed by atoms with Crippen LogP contribution in [0, 0.1) is 5.82 Å². The zero-order valence-corrected chi connectivity index (χ0v) is 11.7. The molecule has 1 aromatic carbocycles. The number of amides is 1. The van der Waals surface area contributed by atoms with E-state index in [0.717, 1.165) is 19.4 Å². The number of unbranched alkanes of at least 4 members (excludes halogenated alkanes) is 1. The second kappa shape index (κ2) is 7.24. The van der Waals surface area contributed by atoms with Gasteiger partial charge < -0.3 is 16.0 Å². The van der Waals surface area contributed by atoms with Crippen LogP contribution in [-0.2, 0) is 0 Å². The standard InChI is InChI=1S/C15H22FN3O/c16-12-5-6-14(17)13(11-12)15(20)18-7-1-2-8-19-9-3-4-10-19/h5-6,11H,1-4,7-10,17H2,(H,18,20). The Morgan fingerprint density at radius 1 is 1.30 bits per heavy atom. The number of hydrogen-bond donors (Lipinski definition) is 2. The van der Waals surface area contributed by atoms with E-state index in [2.05, 4.69) is 10.2 Å². The smallest absolute Gasteiger partial charge is 0.253 e. The highest BCUT2D eigenvalue weighted by Gasteiger charge is 2.11. The Kier molecular flexibility index (Phi) is 5.35. The van der Waals surface area contributed by atoms with E-state index in [1.54, 1.807) is 0 Å². The fourth-order valence-electron chi connectivity index (χ4n) is 2.49. The predicted molar refractivity (Wildman–Crippen MR) is 78.1 cm³/mol. The topological polar surface area (TPSA) is 58.4 Å². The fraction of sp³-hybridized carbons (Fsp3) is 0.533. The number of anilines is 1. The van der Waals surface area contributed by atoms with E-state index in [0.29, 0.717) is 12.2 Å². The van der Waals surface area contributed by atoms with Crippen LogP contribution in [0.2, 0.25) is 0 Å². The van der Waals surface area contributed by atoms with Crippen molar-refractivity contribution in [2.75, 3.05) is 31.9 Å². The highest BCUT2D eigenvalue weighted by Crippen LogP contribution is 2.13. The fourth-order valence-corrected chi connectivity index (χ4v) is 2.49. The summed E-state index contributed by atoms with van der Waals surface area (Å²) in [5.41, 5.74) is 6.19. The highest BCUT2D eigenvalue weighted by molar-refractivity contribution is 5.99. The molecule has 1 amide bonds. The lowest BCUT2D eigenvalue weighted by atomic mass is 10.1. The van der Waals surface area contributed by atoms with Crippen LogP contribution in [0.3, 0.4) is 0 Å². The molecule has 1 aromatic rings. The first-order valence-electron chi connectivity index (χ1n) is 7.22. The van der Waals surface area contributed by atoms with Gasteiger partial charge in [0.2, 0.25) is 0 Å². The summed E-state index contributed by atoms with van der Waals surface area (Å²) in [6, 6.07) is 3.84. The Morgan fingerprint density at radius 2 is 2.05 bits per heavy atom. The number of nitrogen functional groups attached to an aromatic ring is 1. The van der Waals surface area contributed by atoms with Crippen molar-refractivity contribution in [1.29, 1.82) is 0 Å². The number of nitrogens with one attached hydrogen (secondary N) is 1. The molecule has 2 rings (SSSR count). The van der Waals surface area contributed by atoms with Gasteiger partial charge in [0.25, 0.3) is 5.91 Å². The summed E-state index contributed by atoms with van der Waals surface area (Å²) in [5, 5.41) is 2.79. The Morgan fingerprint density at radius 3 is 2.80 bits per heavy atom. The normalized spacial score (nSPS) is 15.4. The Balaban J connectivity index is 1.68. The van der Waals surface area contributed by atoms with Gasteiger partial charge >= 0.3 is 0 Å². The quantitative estimate of drug-likeness (QED) is 0.618. The number of nitrogens with two attached hydrogens (primary N) is 1. The van der Waals surface area contributed by atoms with Gasteiger partial charge in [-0.3, -0.25) is 4.79 Å². The van der Waals surface area contributed by atoms with Crippen LogP contribution in [0.4, 0.5) is 10.1 Å². The van der Waals surface area contributed by atoms with Gasteiger partial charge in [-0.2, -0.15) is 0 Å². The minimum atomic E-state index is -0.446. The molecule has 1 aliphatic heterocycles. The minimum Gasteiger partial charge on any atom is -0.398 e. The van der Waals surface area contributed by atoms with Crippen LogP contribution in [-0.4, -0.2) is 37.0 Å². The summed E-state index contributed by atoms with van der Waals surface area (Å²) in [5.74, 6) is -0.749. The molecule has 0 spiro atoms. The van der Waals surface area contributed by atoms with Crippen molar-refractivity contribution in [3.05, 3.63) is 29.6 Å². The summed E-state index contributed by atoms with van der Waals surface area (Å²) in [7, 11) is 0. The molecule has 0 aliphatic carbocycles. The van der Waals surface area contributed by atoms with Gasteiger partial charge in [0.05, 0.1) is 5.56 Å². The van der Waals surface area contributed by atoms with E-state index >= 15 is 0 Å². The maximum Gasteiger partial charge on any atom is 0.253 e. The summed E-state index contributed by atoms with van der Waals surface area (Å²) in [6.07, 6.45) is 4.60. The predicted octanol–water partition coefficient (Wildman–Crippen LogP) is 2.01. The molecule has 20 heavy (non-hydrogen) atoms. The molecule has 4 nitrogen and oxygen atoms in total. The molecular formula is C15H22FN3O. The first kappa shape index (κ1) is 14.8. The van der Waals surface area contributed by atoms with Crippen molar-refractivity contribution in [3.63, 3.8) is 0 Å². The molecule has 3 N–H and O–H groups in total. The molecule has 0 saturated carbocycles. The van der Waals surface area contributed by atoms with Gasteiger partial charge in [-0.1, -0.05) is 0 Å². The zero-order chi connectivity index (χ0) is 14.4. The van der Waals surface area contributed by atoms with Crippen molar-refractivity contribution >= 4 is 11.6 Å². The Hall–Kier alpha value is -1.62. The molecule has 110 valence electrons. The molecule has 0 aromatic heterocycles. The lowest BCUT2D eigenvalue weighted by Gasteiger charge is -2.14. The van der Waals surface area contributed by atoms with Gasteiger partial charge in [0.15, 0.2) is 0 Å². The first-order chi connectivity index (χ1) is 9.66. The van der Waals surface area contributed by atoms with E-state index in [1.807, 2.05) is 0 Å². The number of carbonyl (C=O) groups excluding carboxylic acids is 1. The molecule has 0 unspecified atom stereocenters. The average Bonchev–Trinajstić information content (AvgIpc) is 2.94. The maximum absolute atomic E-state index is 13.1. The molecule has 0 atom stereocenters. The van der Waals surface area contributed by atoms with Crippen molar-refractivity contribution in [1.82, 2.24) is 10.2 Å². The molecule has 1 aliphatic rings. The third-order valence-electron chi connectivity index (χ3n) is 3.65. The molecule has 5 heteroatoms. The van der Waals surface area contributed by atoms with Crippen LogP contribution in [0.1, 0.15) is 36.0 Å². The van der Waals surface area contributed by atoms with E-state index < -0.39 is 5.82 Å². The Bertz CT molecular complexity index is 458. The zero-order valence-electron chi connectivity index (χ0n) is 11.7. The molecular weight excluding hydrogens is 257 g/mol. The van der Waals surface area contributed by atoms with Crippen molar-refractivity contribution in [2.24, 2.45) is 0 Å². The largest absolute Gasteiger partial charge is 0.398 e. The second-order valence-electron chi connectivity index (χ2n) is 5.24. The van der Waals surface area contributed by atoms with Crippen LogP contribution in [0.5, 0.6) is 0 Å². The van der Waals surface area contributed by atoms with E-state index in [1.165, 1.54) is 44.1 Å². The third kappa shape index (κ3) is 4.20. The average molecular weight is 279 g/mol. The molecule has 0 bridgehead atoms. The van der Waals surface area contributed by atoms with Gasteiger partial charge in [0.1, 0.15) is 5.82 Å². The maximum atomic E-state index is 13.1. The number of halogens is 1. The molecule has 1 heterocycles. The molecule has 0 radical (unpaired) electrons. The summed E-state index contributed by atoms with van der Waals surface area (Å²) in [6.45, 7) is 4.10. The van der Waals surface area contributed by atoms with Gasteiger partial charge in [0, 0.05) is 12.2 Å². The second-order valence-corrected chi connectivity index (χ2v) is 5.24. The van der Waals surface area contributed by atoms with Gasteiger partial charge in [-0.05, 0) is 63.5 Å². The van der Waals surface area contributed by atoms with Crippen molar-refractivity contribution < 1.29 is 9.18 Å². The van der Waals surface area contributed by atoms with Crippen molar-refractivity contribution in [2.45, 2.75) is 25.7 Å². The molecule has 1 fully saturated rings. The lowest BCUT2D eigenvalue weighted by Crippen LogP contribution is -2.27. The number of hydrogen-bond acceptors (Lipinski definition) is 3. The van der Waals surface area contributed by atoms with Gasteiger partial charge in [-0.15, -0.1) is 0 Å². The van der Waals surface area contributed by atoms with Crippen LogP contribution in [0.15, 0.2) is 18.2 Å². The van der Waals surface area contributed by atoms with E-state index in [-0.39, 0.29) is 11.5 Å². The lowest BCUT2D eigenvalue weighted by molar-refractivity contribution is 0.0953. The number of rotatable bonds is 6. The Labute approximate surface area is 119 Å². The van der Waals surface area contributed by atoms with E-state index in [9.17, 15) is 9.18 Å². The van der Waals surface area contributed by atoms with E-state index in [4.69, 9.17) is 5.73 Å². The minimum absolute atomic E-state index is 0.213. The SMILES string of the molecule is Nc1ccc(F)cc1C(=O)NCCCCN1CCCC1. The number of likely N-dealkylation sites (tertiary alicyclic amines) is 1. The first-order valence-corrected chi connectivity index (χ1v) is 7.22. The van der Waals surface area contributed by atoms with Crippen LogP contribution < -0.4 is 11.1 Å². The van der Waals surface area contributed by atoms with Crippen molar-refractivity contribution in [3.8, 4) is 0 Å². The summed E-state index contributed by atoms with van der Waals surface area (Å²) in [4.78, 5) is 14.3.